The van der Waals surface area contributed by atoms with Crippen LogP contribution in [0.15, 0.2) is 18.2 Å². The van der Waals surface area contributed by atoms with E-state index < -0.39 is 0 Å². The molecule has 0 aromatic heterocycles. The minimum absolute atomic E-state index is 0. The van der Waals surface area contributed by atoms with Gasteiger partial charge in [-0.05, 0) is 37.1 Å². The standard InChI is InChI=1S/C10H14Cl2N2.ClH/c11-7-3-4-8(9(12)6-7)10(14)2-1-5-13;/h3-4,6,10H,1-2,5,13-14H2;1H/t10-;/m1./s1. The lowest BCUT2D eigenvalue weighted by Gasteiger charge is -2.13. The molecule has 2 nitrogen and oxygen atoms in total. The smallest absolute Gasteiger partial charge is 0.0468 e. The number of hydrogen-bond acceptors (Lipinski definition) is 2. The van der Waals surface area contributed by atoms with Crippen molar-refractivity contribution in [3.8, 4) is 0 Å². The first-order chi connectivity index (χ1) is 6.65. The fourth-order valence-corrected chi connectivity index (χ4v) is 1.84. The van der Waals surface area contributed by atoms with E-state index in [1.165, 1.54) is 0 Å². The van der Waals surface area contributed by atoms with Gasteiger partial charge in [-0.2, -0.15) is 0 Å². The molecule has 4 N–H and O–H groups in total. The van der Waals surface area contributed by atoms with E-state index in [2.05, 4.69) is 0 Å². The first-order valence-corrected chi connectivity index (χ1v) is 5.31. The summed E-state index contributed by atoms with van der Waals surface area (Å²) >= 11 is 11.8. The fourth-order valence-electron chi connectivity index (χ4n) is 1.30. The Bertz CT molecular complexity index is 305. The zero-order chi connectivity index (χ0) is 10.6. The average molecular weight is 270 g/mol. The van der Waals surface area contributed by atoms with Gasteiger partial charge in [0.2, 0.25) is 0 Å². The van der Waals surface area contributed by atoms with Crippen LogP contribution in [0.25, 0.3) is 0 Å². The van der Waals surface area contributed by atoms with Gasteiger partial charge in [-0.1, -0.05) is 29.3 Å². The highest BCUT2D eigenvalue weighted by Gasteiger charge is 2.09. The SMILES string of the molecule is Cl.NCCC[C@@H](N)c1ccc(Cl)cc1Cl. The average Bonchev–Trinajstić information content (AvgIpc) is 2.14. The molecule has 0 aliphatic rings. The van der Waals surface area contributed by atoms with Gasteiger partial charge in [0.1, 0.15) is 0 Å². The highest BCUT2D eigenvalue weighted by molar-refractivity contribution is 6.35. The van der Waals surface area contributed by atoms with Crippen molar-refractivity contribution in [3.05, 3.63) is 33.8 Å². The molecule has 0 radical (unpaired) electrons. The van der Waals surface area contributed by atoms with Gasteiger partial charge in [-0.25, -0.2) is 0 Å². The Labute approximate surface area is 106 Å². The molecule has 0 saturated heterocycles. The quantitative estimate of drug-likeness (QED) is 0.882. The molecule has 1 rings (SSSR count). The van der Waals surface area contributed by atoms with Crippen LogP contribution in [0.1, 0.15) is 24.4 Å². The van der Waals surface area contributed by atoms with E-state index in [0.29, 0.717) is 16.6 Å². The van der Waals surface area contributed by atoms with Gasteiger partial charge in [0.25, 0.3) is 0 Å². The molecular weight excluding hydrogens is 254 g/mol. The number of hydrogen-bond donors (Lipinski definition) is 2. The third-order valence-electron chi connectivity index (χ3n) is 2.08. The van der Waals surface area contributed by atoms with Crippen LogP contribution in [0.3, 0.4) is 0 Å². The third kappa shape index (κ3) is 4.58. The minimum atomic E-state index is -0.0525. The number of benzene rings is 1. The Morgan fingerprint density at radius 3 is 2.47 bits per heavy atom. The third-order valence-corrected chi connectivity index (χ3v) is 2.64. The highest BCUT2D eigenvalue weighted by atomic mass is 35.5. The first-order valence-electron chi connectivity index (χ1n) is 4.55. The molecule has 5 heteroatoms. The molecule has 1 atom stereocenters. The molecule has 86 valence electrons. The molecule has 0 saturated carbocycles. The predicted octanol–water partition coefficient (Wildman–Crippen LogP) is 3.15. The topological polar surface area (TPSA) is 52.0 Å². The van der Waals surface area contributed by atoms with Gasteiger partial charge in [-0.3, -0.25) is 0 Å². The lowest BCUT2D eigenvalue weighted by Crippen LogP contribution is -2.12. The molecule has 15 heavy (non-hydrogen) atoms. The number of halogens is 3. The van der Waals surface area contributed by atoms with Crippen LogP contribution < -0.4 is 11.5 Å². The summed E-state index contributed by atoms with van der Waals surface area (Å²) in [6.45, 7) is 0.652. The lowest BCUT2D eigenvalue weighted by atomic mass is 10.0. The van der Waals surface area contributed by atoms with Gasteiger partial charge in [-0.15, -0.1) is 12.4 Å². The normalized spacial score (nSPS) is 12.0. The van der Waals surface area contributed by atoms with E-state index >= 15 is 0 Å². The fraction of sp³-hybridized carbons (Fsp3) is 0.400. The van der Waals surface area contributed by atoms with E-state index in [-0.39, 0.29) is 18.4 Å². The monoisotopic (exact) mass is 268 g/mol. The molecule has 1 aromatic rings. The molecule has 0 bridgehead atoms. The van der Waals surface area contributed by atoms with Crippen LogP contribution in [-0.4, -0.2) is 6.54 Å². The second-order valence-electron chi connectivity index (χ2n) is 3.20. The van der Waals surface area contributed by atoms with Crippen molar-refractivity contribution in [1.82, 2.24) is 0 Å². The molecule has 0 fully saturated rings. The van der Waals surface area contributed by atoms with Gasteiger partial charge in [0, 0.05) is 16.1 Å². The Hall–Kier alpha value is 0.01000. The van der Waals surface area contributed by atoms with Crippen molar-refractivity contribution in [1.29, 1.82) is 0 Å². The van der Waals surface area contributed by atoms with Gasteiger partial charge >= 0.3 is 0 Å². The zero-order valence-electron chi connectivity index (χ0n) is 8.25. The summed E-state index contributed by atoms with van der Waals surface area (Å²) in [7, 11) is 0. The van der Waals surface area contributed by atoms with Crippen LogP contribution in [0.2, 0.25) is 10.0 Å². The van der Waals surface area contributed by atoms with Crippen molar-refractivity contribution in [2.45, 2.75) is 18.9 Å². The van der Waals surface area contributed by atoms with Crippen LogP contribution >= 0.6 is 35.6 Å². The van der Waals surface area contributed by atoms with Crippen LogP contribution in [0.5, 0.6) is 0 Å². The second-order valence-corrected chi connectivity index (χ2v) is 4.05. The molecule has 0 amide bonds. The predicted molar refractivity (Wildman–Crippen MR) is 68.9 cm³/mol. The number of rotatable bonds is 4. The maximum atomic E-state index is 6.01. The molecular formula is C10H15Cl3N2. The molecule has 0 unspecified atom stereocenters. The maximum Gasteiger partial charge on any atom is 0.0468 e. The van der Waals surface area contributed by atoms with Crippen molar-refractivity contribution < 1.29 is 0 Å². The Kier molecular flexibility index (Phi) is 7.32. The second kappa shape index (κ2) is 7.31. The summed E-state index contributed by atoms with van der Waals surface area (Å²) in [6.07, 6.45) is 1.75. The summed E-state index contributed by atoms with van der Waals surface area (Å²) < 4.78 is 0. The Morgan fingerprint density at radius 1 is 1.27 bits per heavy atom. The van der Waals surface area contributed by atoms with E-state index in [4.69, 9.17) is 34.7 Å². The first kappa shape index (κ1) is 15.0. The Morgan fingerprint density at radius 2 is 1.93 bits per heavy atom. The van der Waals surface area contributed by atoms with Crippen LogP contribution in [0.4, 0.5) is 0 Å². The highest BCUT2D eigenvalue weighted by Crippen LogP contribution is 2.27. The molecule has 0 aliphatic carbocycles. The summed E-state index contributed by atoms with van der Waals surface area (Å²) in [5, 5.41) is 1.26. The van der Waals surface area contributed by atoms with E-state index in [9.17, 15) is 0 Å². The van der Waals surface area contributed by atoms with Crippen molar-refractivity contribution in [3.63, 3.8) is 0 Å². The summed E-state index contributed by atoms with van der Waals surface area (Å²) in [6, 6.07) is 5.32. The zero-order valence-corrected chi connectivity index (χ0v) is 10.6. The number of nitrogens with two attached hydrogens (primary N) is 2. The van der Waals surface area contributed by atoms with E-state index in [1.54, 1.807) is 12.1 Å². The maximum absolute atomic E-state index is 6.01. The summed E-state index contributed by atoms with van der Waals surface area (Å²) in [5.74, 6) is 0. The van der Waals surface area contributed by atoms with Crippen molar-refractivity contribution >= 4 is 35.6 Å². The molecule has 0 aliphatic heterocycles. The van der Waals surface area contributed by atoms with Crippen molar-refractivity contribution in [2.24, 2.45) is 11.5 Å². The lowest BCUT2D eigenvalue weighted by molar-refractivity contribution is 0.618. The largest absolute Gasteiger partial charge is 0.330 e. The van der Waals surface area contributed by atoms with Gasteiger partial charge in [0.15, 0.2) is 0 Å². The minimum Gasteiger partial charge on any atom is -0.330 e. The van der Waals surface area contributed by atoms with Gasteiger partial charge in [0.05, 0.1) is 0 Å². The van der Waals surface area contributed by atoms with Crippen molar-refractivity contribution in [2.75, 3.05) is 6.54 Å². The van der Waals surface area contributed by atoms with Crippen LogP contribution in [-0.2, 0) is 0 Å². The molecule has 1 aromatic carbocycles. The molecule has 0 heterocycles. The Balaban J connectivity index is 0.00000196. The van der Waals surface area contributed by atoms with Gasteiger partial charge < -0.3 is 11.5 Å². The summed E-state index contributed by atoms with van der Waals surface area (Å²) in [5.41, 5.74) is 12.3. The molecule has 0 spiro atoms. The van der Waals surface area contributed by atoms with Crippen LogP contribution in [0, 0.1) is 0 Å². The summed E-state index contributed by atoms with van der Waals surface area (Å²) in [4.78, 5) is 0. The van der Waals surface area contributed by atoms with E-state index in [0.717, 1.165) is 18.4 Å². The van der Waals surface area contributed by atoms with E-state index in [1.807, 2.05) is 6.07 Å².